The van der Waals surface area contributed by atoms with Crippen LogP contribution in [0.4, 0.5) is 10.1 Å². The minimum Gasteiger partial charge on any atom is -0.399 e. The molecule has 0 aliphatic carbocycles. The Morgan fingerprint density at radius 2 is 2.32 bits per heavy atom. The van der Waals surface area contributed by atoms with E-state index in [1.165, 1.54) is 18.2 Å². The van der Waals surface area contributed by atoms with Crippen LogP contribution >= 0.6 is 0 Å². The Hall–Kier alpha value is -1.62. The van der Waals surface area contributed by atoms with Crippen LogP contribution in [0, 0.1) is 5.82 Å². The predicted octanol–water partition coefficient (Wildman–Crippen LogP) is 2.05. The fraction of sp³-hybridized carbons (Fsp3) is 0.500. The van der Waals surface area contributed by atoms with Crippen molar-refractivity contribution in [3.05, 3.63) is 29.6 Å². The highest BCUT2D eigenvalue weighted by Crippen LogP contribution is 2.18. The Kier molecular flexibility index (Phi) is 4.37. The first-order valence-electron chi connectivity index (χ1n) is 6.57. The summed E-state index contributed by atoms with van der Waals surface area (Å²) in [4.78, 5) is 14.0. The second-order valence-electron chi connectivity index (χ2n) is 4.74. The van der Waals surface area contributed by atoms with Crippen LogP contribution in [0.3, 0.4) is 0 Å². The molecule has 1 unspecified atom stereocenters. The number of nitrogen functional groups attached to an aromatic ring is 1. The Morgan fingerprint density at radius 1 is 1.53 bits per heavy atom. The van der Waals surface area contributed by atoms with Gasteiger partial charge in [0.15, 0.2) is 0 Å². The minimum atomic E-state index is -0.485. The summed E-state index contributed by atoms with van der Waals surface area (Å²) in [5.41, 5.74) is 6.13. The average Bonchev–Trinajstić information content (AvgIpc) is 2.37. The largest absolute Gasteiger partial charge is 0.399 e. The van der Waals surface area contributed by atoms with Crippen molar-refractivity contribution in [2.24, 2.45) is 0 Å². The molecule has 1 amide bonds. The highest BCUT2D eigenvalue weighted by Gasteiger charge is 2.25. The number of likely N-dealkylation sites (tertiary alicyclic amines) is 1. The van der Waals surface area contributed by atoms with E-state index in [1.54, 1.807) is 4.90 Å². The summed E-state index contributed by atoms with van der Waals surface area (Å²) in [6.07, 6.45) is 1.94. The topological polar surface area (TPSA) is 55.6 Å². The lowest BCUT2D eigenvalue weighted by atomic mass is 10.1. The van der Waals surface area contributed by atoms with Crippen molar-refractivity contribution in [2.45, 2.75) is 25.9 Å². The summed E-state index contributed by atoms with van der Waals surface area (Å²) >= 11 is 0. The molecule has 0 spiro atoms. The van der Waals surface area contributed by atoms with Gasteiger partial charge in [0.05, 0.1) is 6.10 Å². The van der Waals surface area contributed by atoms with Gasteiger partial charge in [0.1, 0.15) is 5.82 Å². The molecule has 2 N–H and O–H groups in total. The Morgan fingerprint density at radius 3 is 3.00 bits per heavy atom. The molecule has 4 nitrogen and oxygen atoms in total. The SMILES string of the molecule is CCOC1CCCN(C(=O)c2cc(N)cc(F)c2)C1. The molecule has 0 saturated carbocycles. The van der Waals surface area contributed by atoms with E-state index in [4.69, 9.17) is 10.5 Å². The first kappa shape index (κ1) is 13.8. The molecule has 104 valence electrons. The lowest BCUT2D eigenvalue weighted by molar-refractivity contribution is 0.00723. The van der Waals surface area contributed by atoms with Gasteiger partial charge in [-0.3, -0.25) is 4.79 Å². The van der Waals surface area contributed by atoms with Crippen LogP contribution in [-0.2, 0) is 4.74 Å². The third-order valence-corrected chi connectivity index (χ3v) is 3.23. The molecule has 1 saturated heterocycles. The fourth-order valence-corrected chi connectivity index (χ4v) is 2.41. The quantitative estimate of drug-likeness (QED) is 0.852. The average molecular weight is 266 g/mol. The van der Waals surface area contributed by atoms with Crippen LogP contribution in [0.15, 0.2) is 18.2 Å². The zero-order chi connectivity index (χ0) is 13.8. The van der Waals surface area contributed by atoms with Gasteiger partial charge >= 0.3 is 0 Å². The van der Waals surface area contributed by atoms with Crippen LogP contribution in [0.5, 0.6) is 0 Å². The van der Waals surface area contributed by atoms with E-state index in [9.17, 15) is 9.18 Å². The van der Waals surface area contributed by atoms with Crippen molar-refractivity contribution in [2.75, 3.05) is 25.4 Å². The summed E-state index contributed by atoms with van der Waals surface area (Å²) in [5, 5.41) is 0. The number of amides is 1. The number of carbonyl (C=O) groups excluding carboxylic acids is 1. The van der Waals surface area contributed by atoms with E-state index in [2.05, 4.69) is 0 Å². The second-order valence-corrected chi connectivity index (χ2v) is 4.74. The Balaban J connectivity index is 2.10. The van der Waals surface area contributed by atoms with Crippen LogP contribution < -0.4 is 5.73 Å². The van der Waals surface area contributed by atoms with Gasteiger partial charge in [-0.25, -0.2) is 4.39 Å². The van der Waals surface area contributed by atoms with E-state index in [0.29, 0.717) is 25.3 Å². The van der Waals surface area contributed by atoms with Gasteiger partial charge in [0, 0.05) is 30.9 Å². The molecule has 1 aliphatic heterocycles. The lowest BCUT2D eigenvalue weighted by Crippen LogP contribution is -2.43. The van der Waals surface area contributed by atoms with Gasteiger partial charge in [-0.15, -0.1) is 0 Å². The second kappa shape index (κ2) is 6.02. The maximum Gasteiger partial charge on any atom is 0.254 e. The smallest absolute Gasteiger partial charge is 0.254 e. The molecule has 1 fully saturated rings. The summed E-state index contributed by atoms with van der Waals surface area (Å²) in [7, 11) is 0. The summed E-state index contributed by atoms with van der Waals surface area (Å²) in [6.45, 7) is 3.82. The van der Waals surface area contributed by atoms with Crippen LogP contribution in [-0.4, -0.2) is 36.6 Å². The number of nitrogens with two attached hydrogens (primary N) is 1. The predicted molar refractivity (Wildman–Crippen MR) is 71.4 cm³/mol. The molecule has 2 rings (SSSR count). The fourth-order valence-electron chi connectivity index (χ4n) is 2.41. The number of hydrogen-bond donors (Lipinski definition) is 1. The number of ether oxygens (including phenoxy) is 1. The molecule has 19 heavy (non-hydrogen) atoms. The number of piperidine rings is 1. The van der Waals surface area contributed by atoms with Crippen LogP contribution in [0.1, 0.15) is 30.1 Å². The molecule has 0 radical (unpaired) electrons. The van der Waals surface area contributed by atoms with Crippen LogP contribution in [0.25, 0.3) is 0 Å². The van der Waals surface area contributed by atoms with E-state index in [-0.39, 0.29) is 17.7 Å². The number of rotatable bonds is 3. The molecule has 1 heterocycles. The van der Waals surface area contributed by atoms with Crippen molar-refractivity contribution >= 4 is 11.6 Å². The van der Waals surface area contributed by atoms with Crippen LogP contribution in [0.2, 0.25) is 0 Å². The number of anilines is 1. The van der Waals surface area contributed by atoms with Crippen molar-refractivity contribution in [1.29, 1.82) is 0 Å². The maximum atomic E-state index is 13.3. The molecular weight excluding hydrogens is 247 g/mol. The highest BCUT2D eigenvalue weighted by atomic mass is 19.1. The molecule has 1 aliphatic rings. The van der Waals surface area contributed by atoms with E-state index in [1.807, 2.05) is 6.92 Å². The number of benzene rings is 1. The molecule has 1 aromatic carbocycles. The van der Waals surface area contributed by atoms with Gasteiger partial charge < -0.3 is 15.4 Å². The molecule has 1 aromatic rings. The molecule has 5 heteroatoms. The number of nitrogens with zero attached hydrogens (tertiary/aromatic N) is 1. The third kappa shape index (κ3) is 3.44. The molecule has 0 bridgehead atoms. The van der Waals surface area contributed by atoms with E-state index >= 15 is 0 Å². The Bertz CT molecular complexity index is 443. The molecule has 1 atom stereocenters. The first-order chi connectivity index (χ1) is 9.10. The van der Waals surface area contributed by atoms with Crippen molar-refractivity contribution in [1.82, 2.24) is 4.90 Å². The van der Waals surface area contributed by atoms with Crippen molar-refractivity contribution in [3.63, 3.8) is 0 Å². The first-order valence-corrected chi connectivity index (χ1v) is 6.57. The molecular formula is C14H19FN2O2. The number of halogens is 1. The summed E-state index contributed by atoms with van der Waals surface area (Å²) < 4.78 is 18.8. The lowest BCUT2D eigenvalue weighted by Gasteiger charge is -2.32. The van der Waals surface area contributed by atoms with Gasteiger partial charge in [-0.05, 0) is 38.0 Å². The zero-order valence-electron chi connectivity index (χ0n) is 11.1. The van der Waals surface area contributed by atoms with Gasteiger partial charge in [-0.1, -0.05) is 0 Å². The number of hydrogen-bond acceptors (Lipinski definition) is 3. The van der Waals surface area contributed by atoms with Gasteiger partial charge in [0.2, 0.25) is 0 Å². The maximum absolute atomic E-state index is 13.3. The summed E-state index contributed by atoms with van der Waals surface area (Å²) in [5.74, 6) is -0.669. The Labute approximate surface area is 112 Å². The summed E-state index contributed by atoms with van der Waals surface area (Å²) in [6, 6.07) is 3.94. The highest BCUT2D eigenvalue weighted by molar-refractivity contribution is 5.95. The van der Waals surface area contributed by atoms with E-state index < -0.39 is 5.82 Å². The zero-order valence-corrected chi connectivity index (χ0v) is 11.1. The standard InChI is InChI=1S/C14H19FN2O2/c1-2-19-13-4-3-5-17(9-13)14(18)10-6-11(15)8-12(16)7-10/h6-8,13H,2-5,9,16H2,1H3. The monoisotopic (exact) mass is 266 g/mol. The van der Waals surface area contributed by atoms with Gasteiger partial charge in [-0.2, -0.15) is 0 Å². The van der Waals surface area contributed by atoms with Gasteiger partial charge in [0.25, 0.3) is 5.91 Å². The normalized spacial score (nSPS) is 19.5. The number of carbonyl (C=O) groups is 1. The van der Waals surface area contributed by atoms with Crippen molar-refractivity contribution in [3.8, 4) is 0 Å². The molecule has 0 aromatic heterocycles. The third-order valence-electron chi connectivity index (χ3n) is 3.23. The minimum absolute atomic E-state index is 0.0774. The van der Waals surface area contributed by atoms with E-state index in [0.717, 1.165) is 12.8 Å². The van der Waals surface area contributed by atoms with Crippen molar-refractivity contribution < 1.29 is 13.9 Å².